The fraction of sp³-hybridized carbons (Fsp3) is 0.294. The monoisotopic (exact) mass is 297 g/mol. The molecule has 0 atom stereocenters. The first-order chi connectivity index (χ1) is 10.1. The fourth-order valence-electron chi connectivity index (χ4n) is 2.86. The van der Waals surface area contributed by atoms with E-state index in [1.54, 1.807) is 0 Å². The first kappa shape index (κ1) is 14.0. The highest BCUT2D eigenvalue weighted by Gasteiger charge is 2.18. The Hall–Kier alpha value is -1.94. The van der Waals surface area contributed by atoms with E-state index < -0.39 is 0 Å². The molecule has 0 spiro atoms. The van der Waals surface area contributed by atoms with Gasteiger partial charge in [-0.1, -0.05) is 30.4 Å². The standard InChI is InChI=1S/C17H19N3S/c1-12-10-14(17(18)21)11-16(19-12)20-9-5-4-7-13-6-2-3-8-15(13)20/h2-3,6,8,10-11H,4-5,7,9H2,1H3,(H2,18,21). The number of hydrogen-bond donors (Lipinski definition) is 1. The van der Waals surface area contributed by atoms with E-state index in [9.17, 15) is 0 Å². The summed E-state index contributed by atoms with van der Waals surface area (Å²) in [6.07, 6.45) is 3.49. The number of benzene rings is 1. The molecule has 1 aromatic heterocycles. The zero-order valence-electron chi connectivity index (χ0n) is 12.2. The molecule has 0 bridgehead atoms. The van der Waals surface area contributed by atoms with Gasteiger partial charge in [-0.3, -0.25) is 0 Å². The van der Waals surface area contributed by atoms with Crippen molar-refractivity contribution in [1.29, 1.82) is 0 Å². The number of pyridine rings is 1. The zero-order chi connectivity index (χ0) is 14.8. The largest absolute Gasteiger partial charge is 0.389 e. The van der Waals surface area contributed by atoms with E-state index in [1.165, 1.54) is 17.7 Å². The number of fused-ring (bicyclic) bond motifs is 1. The van der Waals surface area contributed by atoms with Crippen LogP contribution in [0, 0.1) is 6.92 Å². The molecule has 4 heteroatoms. The summed E-state index contributed by atoms with van der Waals surface area (Å²) in [5, 5.41) is 0. The van der Waals surface area contributed by atoms with Crippen molar-refractivity contribution >= 4 is 28.7 Å². The van der Waals surface area contributed by atoms with Gasteiger partial charge in [0.25, 0.3) is 0 Å². The summed E-state index contributed by atoms with van der Waals surface area (Å²) in [4.78, 5) is 7.40. The molecule has 3 rings (SSSR count). The lowest BCUT2D eigenvalue weighted by Gasteiger charge is -2.24. The molecule has 0 saturated heterocycles. The Bertz CT molecular complexity index is 681. The highest BCUT2D eigenvalue weighted by molar-refractivity contribution is 7.80. The molecular weight excluding hydrogens is 278 g/mol. The van der Waals surface area contributed by atoms with Crippen LogP contribution in [0.5, 0.6) is 0 Å². The molecule has 1 aliphatic rings. The first-order valence-corrected chi connectivity index (χ1v) is 7.70. The Balaban J connectivity index is 2.09. The molecule has 108 valence electrons. The van der Waals surface area contributed by atoms with Crippen LogP contribution in [0.3, 0.4) is 0 Å². The van der Waals surface area contributed by atoms with Gasteiger partial charge in [-0.25, -0.2) is 4.98 Å². The SMILES string of the molecule is Cc1cc(C(N)=S)cc(N2CCCCc3ccccc32)n1. The number of hydrogen-bond acceptors (Lipinski definition) is 3. The molecule has 0 radical (unpaired) electrons. The molecule has 0 fully saturated rings. The number of aryl methyl sites for hydroxylation is 2. The highest BCUT2D eigenvalue weighted by atomic mass is 32.1. The summed E-state index contributed by atoms with van der Waals surface area (Å²) in [5.41, 5.74) is 10.3. The van der Waals surface area contributed by atoms with Crippen molar-refractivity contribution in [3.05, 3.63) is 53.2 Å². The third-order valence-electron chi connectivity index (χ3n) is 3.86. The number of nitrogens with zero attached hydrogens (tertiary/aromatic N) is 2. The van der Waals surface area contributed by atoms with Gasteiger partial charge < -0.3 is 10.6 Å². The summed E-state index contributed by atoms with van der Waals surface area (Å²) in [6, 6.07) is 12.5. The summed E-state index contributed by atoms with van der Waals surface area (Å²) in [7, 11) is 0. The van der Waals surface area contributed by atoms with Crippen molar-refractivity contribution in [2.75, 3.05) is 11.4 Å². The lowest BCUT2D eigenvalue weighted by molar-refractivity contribution is 0.757. The minimum Gasteiger partial charge on any atom is -0.389 e. The minimum absolute atomic E-state index is 0.421. The maximum absolute atomic E-state index is 5.79. The quantitative estimate of drug-likeness (QED) is 0.862. The Labute approximate surface area is 130 Å². The molecule has 3 nitrogen and oxygen atoms in total. The topological polar surface area (TPSA) is 42.1 Å². The summed E-state index contributed by atoms with van der Waals surface area (Å²) in [6.45, 7) is 2.96. The number of para-hydroxylation sites is 1. The predicted octanol–water partition coefficient (Wildman–Crippen LogP) is 3.50. The summed E-state index contributed by atoms with van der Waals surface area (Å²) >= 11 is 5.12. The maximum Gasteiger partial charge on any atom is 0.133 e. The first-order valence-electron chi connectivity index (χ1n) is 7.29. The lowest BCUT2D eigenvalue weighted by Crippen LogP contribution is -2.20. The maximum atomic E-state index is 5.79. The molecule has 1 aliphatic heterocycles. The van der Waals surface area contributed by atoms with Gasteiger partial charge in [0.05, 0.1) is 0 Å². The van der Waals surface area contributed by atoms with Gasteiger partial charge in [-0.05, 0) is 49.9 Å². The van der Waals surface area contributed by atoms with Crippen LogP contribution in [0.15, 0.2) is 36.4 Å². The van der Waals surface area contributed by atoms with Crippen LogP contribution in [-0.4, -0.2) is 16.5 Å². The average molecular weight is 297 g/mol. The molecule has 0 amide bonds. The number of anilines is 2. The van der Waals surface area contributed by atoms with Crippen molar-refractivity contribution < 1.29 is 0 Å². The van der Waals surface area contributed by atoms with Gasteiger partial charge >= 0.3 is 0 Å². The molecule has 1 aromatic carbocycles. The Morgan fingerprint density at radius 3 is 2.86 bits per heavy atom. The second kappa shape index (κ2) is 5.82. The normalized spacial score (nSPS) is 14.4. The van der Waals surface area contributed by atoms with Gasteiger partial charge in [0.2, 0.25) is 0 Å². The fourth-order valence-corrected chi connectivity index (χ4v) is 2.98. The molecule has 2 heterocycles. The Morgan fingerprint density at radius 2 is 2.05 bits per heavy atom. The molecule has 0 unspecified atom stereocenters. The lowest BCUT2D eigenvalue weighted by atomic mass is 10.1. The van der Waals surface area contributed by atoms with E-state index in [4.69, 9.17) is 22.9 Å². The highest BCUT2D eigenvalue weighted by Crippen LogP contribution is 2.32. The number of nitrogens with two attached hydrogens (primary N) is 1. The van der Waals surface area contributed by atoms with E-state index in [0.717, 1.165) is 36.5 Å². The molecular formula is C17H19N3S. The van der Waals surface area contributed by atoms with Crippen LogP contribution in [-0.2, 0) is 6.42 Å². The van der Waals surface area contributed by atoms with Crippen LogP contribution in [0.4, 0.5) is 11.5 Å². The van der Waals surface area contributed by atoms with Crippen molar-refractivity contribution in [2.45, 2.75) is 26.2 Å². The number of aromatic nitrogens is 1. The van der Waals surface area contributed by atoms with E-state index >= 15 is 0 Å². The summed E-state index contributed by atoms with van der Waals surface area (Å²) in [5.74, 6) is 0.937. The van der Waals surface area contributed by atoms with Crippen molar-refractivity contribution in [2.24, 2.45) is 5.73 Å². The molecule has 0 aliphatic carbocycles. The molecule has 0 saturated carbocycles. The van der Waals surface area contributed by atoms with Gasteiger partial charge in [0.1, 0.15) is 10.8 Å². The zero-order valence-corrected chi connectivity index (χ0v) is 13.0. The van der Waals surface area contributed by atoms with E-state index in [1.807, 2.05) is 19.1 Å². The van der Waals surface area contributed by atoms with E-state index in [2.05, 4.69) is 29.2 Å². The number of rotatable bonds is 2. The third kappa shape index (κ3) is 2.90. The van der Waals surface area contributed by atoms with Gasteiger partial charge in [-0.2, -0.15) is 0 Å². The van der Waals surface area contributed by atoms with Crippen LogP contribution in [0.2, 0.25) is 0 Å². The number of thiocarbonyl (C=S) groups is 1. The Kier molecular flexibility index (Phi) is 3.88. The van der Waals surface area contributed by atoms with E-state index in [0.29, 0.717) is 4.99 Å². The minimum atomic E-state index is 0.421. The second-order valence-electron chi connectivity index (χ2n) is 5.46. The predicted molar refractivity (Wildman–Crippen MR) is 91.2 cm³/mol. The van der Waals surface area contributed by atoms with Crippen LogP contribution in [0.1, 0.15) is 29.7 Å². The smallest absolute Gasteiger partial charge is 0.133 e. The average Bonchev–Trinajstić information content (AvgIpc) is 2.69. The Morgan fingerprint density at radius 1 is 1.24 bits per heavy atom. The van der Waals surface area contributed by atoms with Crippen LogP contribution >= 0.6 is 12.2 Å². The third-order valence-corrected chi connectivity index (χ3v) is 4.10. The molecule has 21 heavy (non-hydrogen) atoms. The van der Waals surface area contributed by atoms with Gasteiger partial charge in [-0.15, -0.1) is 0 Å². The van der Waals surface area contributed by atoms with Crippen molar-refractivity contribution in [3.63, 3.8) is 0 Å². The summed E-state index contributed by atoms with van der Waals surface area (Å²) < 4.78 is 0. The van der Waals surface area contributed by atoms with Crippen LogP contribution < -0.4 is 10.6 Å². The van der Waals surface area contributed by atoms with Crippen molar-refractivity contribution in [1.82, 2.24) is 4.98 Å². The van der Waals surface area contributed by atoms with E-state index in [-0.39, 0.29) is 0 Å². The second-order valence-corrected chi connectivity index (χ2v) is 5.90. The van der Waals surface area contributed by atoms with Gasteiger partial charge in [0.15, 0.2) is 0 Å². The van der Waals surface area contributed by atoms with Gasteiger partial charge in [0, 0.05) is 23.5 Å². The van der Waals surface area contributed by atoms with Crippen LogP contribution in [0.25, 0.3) is 0 Å². The van der Waals surface area contributed by atoms with Crippen molar-refractivity contribution in [3.8, 4) is 0 Å². The molecule has 2 N–H and O–H groups in total. The molecule has 2 aromatic rings.